The Labute approximate surface area is 94.9 Å². The number of carbonyl (C=O) groups is 1. The average molecular weight is 244 g/mol. The molecule has 6 heteroatoms. The summed E-state index contributed by atoms with van der Waals surface area (Å²) in [6.07, 6.45) is 3.04. The van der Waals surface area contributed by atoms with E-state index in [2.05, 4.69) is 0 Å². The second kappa shape index (κ2) is 5.50. The van der Waals surface area contributed by atoms with Gasteiger partial charge >= 0.3 is 5.97 Å². The highest BCUT2D eigenvalue weighted by atomic mass is 32.2. The van der Waals surface area contributed by atoms with E-state index >= 15 is 0 Å². The molecule has 0 heterocycles. The second-order valence-corrected chi connectivity index (χ2v) is 3.95. The molecule has 0 unspecified atom stereocenters. The van der Waals surface area contributed by atoms with Gasteiger partial charge in [0.1, 0.15) is 11.3 Å². The van der Waals surface area contributed by atoms with Gasteiger partial charge in [0.05, 0.1) is 18.6 Å². The van der Waals surface area contributed by atoms with E-state index in [0.29, 0.717) is 5.76 Å². The molecule has 5 nitrogen and oxygen atoms in total. The van der Waals surface area contributed by atoms with Crippen LogP contribution in [-0.2, 0) is 24.6 Å². The van der Waals surface area contributed by atoms with Gasteiger partial charge < -0.3 is 9.47 Å². The number of methoxy groups -OCH3 is 1. The molecule has 1 rings (SSSR count). The van der Waals surface area contributed by atoms with Gasteiger partial charge in [-0.05, 0) is 19.1 Å². The summed E-state index contributed by atoms with van der Waals surface area (Å²) in [6, 6.07) is 0. The molecule has 1 aliphatic carbocycles. The summed E-state index contributed by atoms with van der Waals surface area (Å²) in [5.41, 5.74) is 0.134. The molecule has 0 radical (unpaired) electrons. The van der Waals surface area contributed by atoms with Crippen molar-refractivity contribution in [2.45, 2.75) is 13.3 Å². The normalized spacial score (nSPS) is 15.0. The van der Waals surface area contributed by atoms with Crippen molar-refractivity contribution in [2.24, 2.45) is 0 Å². The zero-order chi connectivity index (χ0) is 12.1. The monoisotopic (exact) mass is 244 g/mol. The van der Waals surface area contributed by atoms with Crippen LogP contribution in [0.25, 0.3) is 0 Å². The lowest BCUT2D eigenvalue weighted by Crippen LogP contribution is -2.15. The van der Waals surface area contributed by atoms with E-state index < -0.39 is 16.3 Å². The minimum absolute atomic E-state index is 0.134. The van der Waals surface area contributed by atoms with Gasteiger partial charge in [-0.15, -0.1) is 0 Å². The summed E-state index contributed by atoms with van der Waals surface area (Å²) in [6.45, 7) is 1.90. The molecule has 1 aliphatic rings. The number of carbonyl (C=O) groups excluding carboxylic acids is 1. The number of rotatable bonds is 3. The molecule has 16 heavy (non-hydrogen) atoms. The molecular weight excluding hydrogens is 232 g/mol. The Morgan fingerprint density at radius 2 is 2.19 bits per heavy atom. The maximum Gasteiger partial charge on any atom is 0.341 e. The van der Waals surface area contributed by atoms with Gasteiger partial charge in [0.15, 0.2) is 0 Å². The quantitative estimate of drug-likeness (QED) is 0.533. The summed E-state index contributed by atoms with van der Waals surface area (Å²) in [4.78, 5) is 11.7. The SMILES string of the molecule is CCOC(=O)C1=CC(=S(=O)=O)CC=C1OC. The zero-order valence-corrected chi connectivity index (χ0v) is 9.83. The maximum absolute atomic E-state index is 11.5. The van der Waals surface area contributed by atoms with Crippen molar-refractivity contribution < 1.29 is 22.7 Å². The lowest BCUT2D eigenvalue weighted by molar-refractivity contribution is -0.138. The lowest BCUT2D eigenvalue weighted by Gasteiger charge is -2.13. The van der Waals surface area contributed by atoms with Crippen LogP contribution in [0.15, 0.2) is 23.5 Å². The molecule has 0 fully saturated rings. The molecule has 0 aromatic carbocycles. The minimum atomic E-state index is -2.33. The second-order valence-electron chi connectivity index (χ2n) is 2.96. The van der Waals surface area contributed by atoms with Crippen LogP contribution in [0.1, 0.15) is 13.3 Å². The van der Waals surface area contributed by atoms with Crippen molar-refractivity contribution >= 4 is 21.1 Å². The Morgan fingerprint density at radius 3 is 2.69 bits per heavy atom. The fourth-order valence-electron chi connectivity index (χ4n) is 1.27. The van der Waals surface area contributed by atoms with Crippen molar-refractivity contribution in [1.29, 1.82) is 0 Å². The van der Waals surface area contributed by atoms with Crippen LogP contribution in [0.2, 0.25) is 0 Å². The van der Waals surface area contributed by atoms with Gasteiger partial charge in [-0.3, -0.25) is 0 Å². The molecule has 0 spiro atoms. The summed E-state index contributed by atoms with van der Waals surface area (Å²) in [7, 11) is -0.913. The van der Waals surface area contributed by atoms with Gasteiger partial charge in [-0.25, -0.2) is 4.79 Å². The van der Waals surface area contributed by atoms with Crippen molar-refractivity contribution in [2.75, 3.05) is 13.7 Å². The Bertz CT molecular complexity index is 473. The van der Waals surface area contributed by atoms with Gasteiger partial charge in [0, 0.05) is 6.42 Å². The van der Waals surface area contributed by atoms with Crippen molar-refractivity contribution in [1.82, 2.24) is 0 Å². The third kappa shape index (κ3) is 2.73. The van der Waals surface area contributed by atoms with Crippen LogP contribution in [0.4, 0.5) is 0 Å². The first-order valence-electron chi connectivity index (χ1n) is 4.68. The number of ether oxygens (including phenoxy) is 2. The third-order valence-electron chi connectivity index (χ3n) is 1.99. The Balaban J connectivity index is 3.13. The molecule has 0 N–H and O–H groups in total. The first-order chi connectivity index (χ1) is 7.60. The van der Waals surface area contributed by atoms with Gasteiger partial charge in [0.2, 0.25) is 10.3 Å². The number of esters is 1. The molecule has 88 valence electrons. The highest BCUT2D eigenvalue weighted by Gasteiger charge is 2.21. The fourth-order valence-corrected chi connectivity index (χ4v) is 1.71. The molecule has 0 aromatic heterocycles. The first kappa shape index (κ1) is 12.5. The van der Waals surface area contributed by atoms with Crippen LogP contribution in [0, 0.1) is 0 Å². The Kier molecular flexibility index (Phi) is 4.30. The highest BCUT2D eigenvalue weighted by molar-refractivity contribution is 7.73. The molecule has 0 bridgehead atoms. The van der Waals surface area contributed by atoms with Crippen LogP contribution < -0.4 is 0 Å². The summed E-state index contributed by atoms with van der Waals surface area (Å²) in [5.74, 6) is -0.245. The van der Waals surface area contributed by atoms with Crippen LogP contribution in [-0.4, -0.2) is 33.0 Å². The van der Waals surface area contributed by atoms with Crippen LogP contribution >= 0.6 is 0 Å². The average Bonchev–Trinajstić information content (AvgIpc) is 2.28. The fraction of sp³-hybridized carbons (Fsp3) is 0.400. The molecule has 0 aliphatic heterocycles. The molecule has 0 aromatic rings. The molecule has 0 atom stereocenters. The van der Waals surface area contributed by atoms with E-state index in [1.54, 1.807) is 6.92 Å². The van der Waals surface area contributed by atoms with Gasteiger partial charge in [0.25, 0.3) is 0 Å². The summed E-state index contributed by atoms with van der Waals surface area (Å²) in [5, 5.41) is 0. The third-order valence-corrected chi connectivity index (χ3v) is 2.70. The van der Waals surface area contributed by atoms with Crippen molar-refractivity contribution in [3.05, 3.63) is 23.5 Å². The van der Waals surface area contributed by atoms with E-state index in [4.69, 9.17) is 9.47 Å². The largest absolute Gasteiger partial charge is 0.496 e. The maximum atomic E-state index is 11.5. The van der Waals surface area contributed by atoms with Crippen LogP contribution in [0.5, 0.6) is 0 Å². The first-order valence-corrected chi connectivity index (χ1v) is 5.76. The molecule has 0 saturated heterocycles. The highest BCUT2D eigenvalue weighted by Crippen LogP contribution is 2.19. The van der Waals surface area contributed by atoms with E-state index in [-0.39, 0.29) is 23.5 Å². The van der Waals surface area contributed by atoms with Gasteiger partial charge in [-0.1, -0.05) is 0 Å². The van der Waals surface area contributed by atoms with E-state index in [9.17, 15) is 13.2 Å². The molecule has 0 amide bonds. The number of allylic oxidation sites excluding steroid dienone is 2. The smallest absolute Gasteiger partial charge is 0.341 e. The summed E-state index contributed by atoms with van der Waals surface area (Å²) < 4.78 is 31.3. The zero-order valence-electron chi connectivity index (χ0n) is 9.02. The Hall–Kier alpha value is -1.56. The number of hydrogen-bond donors (Lipinski definition) is 0. The minimum Gasteiger partial charge on any atom is -0.496 e. The number of hydrogen-bond acceptors (Lipinski definition) is 5. The topological polar surface area (TPSA) is 69.7 Å². The van der Waals surface area contributed by atoms with Gasteiger partial charge in [-0.2, -0.15) is 8.42 Å². The van der Waals surface area contributed by atoms with E-state index in [1.165, 1.54) is 19.3 Å². The Morgan fingerprint density at radius 1 is 1.50 bits per heavy atom. The van der Waals surface area contributed by atoms with E-state index in [0.717, 1.165) is 0 Å². The molecule has 0 saturated carbocycles. The summed E-state index contributed by atoms with van der Waals surface area (Å²) >= 11 is 0. The lowest BCUT2D eigenvalue weighted by atomic mass is 10.1. The molecular formula is C10H12O5S. The van der Waals surface area contributed by atoms with Crippen molar-refractivity contribution in [3.8, 4) is 0 Å². The standard InChI is InChI=1S/C10H12O5S/c1-3-15-10(11)8-6-7(16(12)13)4-5-9(8)14-2/h5-6H,3-4H2,1-2H3. The van der Waals surface area contributed by atoms with Crippen molar-refractivity contribution in [3.63, 3.8) is 0 Å². The predicted octanol–water partition coefficient (Wildman–Crippen LogP) is 0.461. The predicted molar refractivity (Wildman–Crippen MR) is 58.4 cm³/mol. The van der Waals surface area contributed by atoms with E-state index in [1.807, 2.05) is 0 Å². The van der Waals surface area contributed by atoms with Crippen LogP contribution in [0.3, 0.4) is 0 Å².